The summed E-state index contributed by atoms with van der Waals surface area (Å²) in [6, 6.07) is 7.29. The van der Waals surface area contributed by atoms with Crippen LogP contribution in [0, 0.1) is 0 Å². The summed E-state index contributed by atoms with van der Waals surface area (Å²) in [6.45, 7) is 2.36. The van der Waals surface area contributed by atoms with Crippen LogP contribution in [0.3, 0.4) is 0 Å². The molecule has 0 saturated heterocycles. The maximum Gasteiger partial charge on any atom is 0.421 e. The molecule has 3 aromatic rings. The number of ether oxygens (including phenoxy) is 2. The zero-order valence-corrected chi connectivity index (χ0v) is 21.9. The van der Waals surface area contributed by atoms with Gasteiger partial charge in [-0.15, -0.1) is 0 Å². The van der Waals surface area contributed by atoms with Crippen molar-refractivity contribution in [3.63, 3.8) is 0 Å². The highest BCUT2D eigenvalue weighted by molar-refractivity contribution is 7.50. The summed E-state index contributed by atoms with van der Waals surface area (Å²) in [6.07, 6.45) is -4.72. The topological polar surface area (TPSA) is 146 Å². The molecule has 0 spiro atoms. The van der Waals surface area contributed by atoms with Gasteiger partial charge in [0.05, 0.1) is 43.4 Å². The number of halogens is 3. The Morgan fingerprint density at radius 3 is 2.49 bits per heavy atom. The summed E-state index contributed by atoms with van der Waals surface area (Å²) >= 11 is 0. The molecule has 0 aliphatic carbocycles. The smallest absolute Gasteiger partial charge is 0.421 e. The molecule has 39 heavy (non-hydrogen) atoms. The zero-order chi connectivity index (χ0) is 28.5. The first-order valence-corrected chi connectivity index (χ1v) is 13.3. The van der Waals surface area contributed by atoms with E-state index in [1.54, 1.807) is 20.0 Å². The largest absolute Gasteiger partial charge is 0.495 e. The van der Waals surface area contributed by atoms with Crippen molar-refractivity contribution >= 4 is 36.6 Å². The Kier molecular flexibility index (Phi) is 7.73. The number of carbonyl (C=O) groups is 1. The molecule has 1 aliphatic rings. The van der Waals surface area contributed by atoms with E-state index in [4.69, 9.17) is 9.47 Å². The number of amides is 1. The highest BCUT2D eigenvalue weighted by Crippen LogP contribution is 2.42. The lowest BCUT2D eigenvalue weighted by Gasteiger charge is -2.18. The van der Waals surface area contributed by atoms with Crippen LogP contribution in [0.5, 0.6) is 11.5 Å². The first-order chi connectivity index (χ1) is 18.3. The number of fused-ring (bicyclic) bond motifs is 1. The molecule has 2 heterocycles. The third kappa shape index (κ3) is 6.24. The van der Waals surface area contributed by atoms with Crippen LogP contribution in [0.4, 0.5) is 36.3 Å². The van der Waals surface area contributed by atoms with Gasteiger partial charge in [0.25, 0.3) is 5.91 Å². The number of rotatable bonds is 9. The number of methoxy groups -OCH3 is 1. The third-order valence-electron chi connectivity index (χ3n) is 5.77. The van der Waals surface area contributed by atoms with Crippen molar-refractivity contribution in [1.82, 2.24) is 14.9 Å². The zero-order valence-electron chi connectivity index (χ0n) is 21.0. The van der Waals surface area contributed by atoms with Gasteiger partial charge in [-0.1, -0.05) is 6.07 Å². The summed E-state index contributed by atoms with van der Waals surface area (Å²) in [7, 11) is -1.43. The van der Waals surface area contributed by atoms with E-state index < -0.39 is 31.3 Å². The van der Waals surface area contributed by atoms with Crippen LogP contribution in [0.2, 0.25) is 0 Å². The molecule has 1 aromatic heterocycles. The third-order valence-corrected chi connectivity index (χ3v) is 6.55. The van der Waals surface area contributed by atoms with Crippen LogP contribution in [-0.2, 0) is 23.4 Å². The predicted molar refractivity (Wildman–Crippen MR) is 136 cm³/mol. The molecule has 0 atom stereocenters. The number of alkyl halides is 3. The molecule has 4 rings (SSSR count). The molecular formula is C24H25F3N5O6P. The molecule has 208 valence electrons. The minimum atomic E-state index is -4.81. The van der Waals surface area contributed by atoms with Crippen LogP contribution in [0.1, 0.15) is 34.0 Å². The van der Waals surface area contributed by atoms with Crippen LogP contribution in [-0.4, -0.2) is 51.3 Å². The van der Waals surface area contributed by atoms with E-state index in [1.807, 2.05) is 0 Å². The van der Waals surface area contributed by atoms with E-state index in [1.165, 1.54) is 36.3 Å². The summed E-state index contributed by atoms with van der Waals surface area (Å²) in [5, 5.41) is 5.43. The number of nitrogens with one attached hydrogen (secondary N) is 2. The molecule has 0 fully saturated rings. The Labute approximate surface area is 221 Å². The van der Waals surface area contributed by atoms with Crippen molar-refractivity contribution in [1.29, 1.82) is 0 Å². The number of anilines is 4. The maximum absolute atomic E-state index is 13.9. The highest BCUT2D eigenvalue weighted by Gasteiger charge is 2.37. The fraction of sp³-hybridized carbons (Fsp3) is 0.292. The Morgan fingerprint density at radius 2 is 1.85 bits per heavy atom. The molecule has 0 bridgehead atoms. The van der Waals surface area contributed by atoms with Gasteiger partial charge in [0.15, 0.2) is 0 Å². The summed E-state index contributed by atoms with van der Waals surface area (Å²) in [4.78, 5) is 40.5. The van der Waals surface area contributed by atoms with Gasteiger partial charge in [0.1, 0.15) is 22.9 Å². The van der Waals surface area contributed by atoms with E-state index in [9.17, 15) is 32.3 Å². The van der Waals surface area contributed by atoms with E-state index in [0.717, 1.165) is 0 Å². The van der Waals surface area contributed by atoms with Gasteiger partial charge < -0.3 is 34.8 Å². The molecule has 0 radical (unpaired) electrons. The first kappa shape index (κ1) is 28.1. The van der Waals surface area contributed by atoms with Crippen molar-refractivity contribution in [3.05, 3.63) is 58.8 Å². The lowest BCUT2D eigenvalue weighted by Crippen LogP contribution is -2.18. The van der Waals surface area contributed by atoms with Gasteiger partial charge >= 0.3 is 13.8 Å². The van der Waals surface area contributed by atoms with Gasteiger partial charge in [0.2, 0.25) is 5.95 Å². The minimum Gasteiger partial charge on any atom is -0.495 e. The lowest BCUT2D eigenvalue weighted by atomic mass is 10.1. The van der Waals surface area contributed by atoms with Crippen molar-refractivity contribution < 1.29 is 41.8 Å². The normalized spacial score (nSPS) is 13.3. The average Bonchev–Trinajstić information content (AvgIpc) is 3.15. The lowest BCUT2D eigenvalue weighted by molar-refractivity contribution is -0.137. The number of nitrogens with zero attached hydrogens (tertiary/aromatic N) is 3. The molecule has 4 N–H and O–H groups in total. The Bertz CT molecular complexity index is 1460. The molecule has 11 nitrogen and oxygen atoms in total. The summed E-state index contributed by atoms with van der Waals surface area (Å²) in [5.74, 6) is -0.568. The van der Waals surface area contributed by atoms with Crippen molar-refractivity contribution in [2.24, 2.45) is 0 Å². The molecule has 15 heteroatoms. The van der Waals surface area contributed by atoms with E-state index in [2.05, 4.69) is 20.6 Å². The minimum absolute atomic E-state index is 0.123. The Balaban J connectivity index is 1.72. The molecule has 1 amide bonds. The van der Waals surface area contributed by atoms with Crippen molar-refractivity contribution in [2.45, 2.75) is 25.8 Å². The Morgan fingerprint density at radius 1 is 1.13 bits per heavy atom. The molecular weight excluding hydrogens is 542 g/mol. The SMILES string of the molecule is CCOc1ccc(Nc2nc(Nc3ccc(CP(=O)(O)O)cc3OC)ncc2C(F)(F)F)c2c1CN(C)C2=O. The van der Waals surface area contributed by atoms with Gasteiger partial charge in [-0.2, -0.15) is 18.2 Å². The highest BCUT2D eigenvalue weighted by atomic mass is 31.2. The van der Waals surface area contributed by atoms with E-state index in [0.29, 0.717) is 29.7 Å². The van der Waals surface area contributed by atoms with Gasteiger partial charge in [-0.3, -0.25) is 9.36 Å². The second-order valence-corrected chi connectivity index (χ2v) is 10.3. The quantitative estimate of drug-likeness (QED) is 0.270. The number of aromatic nitrogens is 2. The van der Waals surface area contributed by atoms with E-state index >= 15 is 0 Å². The standard InChI is InChI=1S/C24H25F3N5O6P/c1-4-38-18-8-7-17(20-14(18)11-32(2)22(20)33)29-21-15(24(25,26)27)10-28-23(31-21)30-16-6-5-13(9-19(16)37-3)12-39(34,35)36/h5-10H,4,11-12H2,1-3H3,(H2,34,35,36)(H2,28,29,30,31). The van der Waals surface area contributed by atoms with Gasteiger partial charge in [-0.05, 0) is 36.8 Å². The maximum atomic E-state index is 13.9. The first-order valence-electron chi connectivity index (χ1n) is 11.5. The second kappa shape index (κ2) is 10.7. The molecule has 0 unspecified atom stereocenters. The van der Waals surface area contributed by atoms with Crippen LogP contribution in [0.25, 0.3) is 0 Å². The van der Waals surface area contributed by atoms with Crippen LogP contribution in [0.15, 0.2) is 36.5 Å². The molecule has 2 aromatic carbocycles. The second-order valence-electron chi connectivity index (χ2n) is 8.62. The van der Waals surface area contributed by atoms with Gasteiger partial charge in [0, 0.05) is 18.8 Å². The number of benzene rings is 2. The Hall–Kier alpha value is -3.87. The fourth-order valence-corrected chi connectivity index (χ4v) is 4.76. The number of hydrogen-bond donors (Lipinski definition) is 4. The number of carbonyl (C=O) groups excluding carboxylic acids is 1. The van der Waals surface area contributed by atoms with Crippen molar-refractivity contribution in [2.75, 3.05) is 31.4 Å². The monoisotopic (exact) mass is 567 g/mol. The van der Waals surface area contributed by atoms with Crippen LogP contribution < -0.4 is 20.1 Å². The molecule has 0 saturated carbocycles. The predicted octanol–water partition coefficient (Wildman–Crippen LogP) is 4.65. The summed E-state index contributed by atoms with van der Waals surface area (Å²) in [5.41, 5.74) is 0.245. The summed E-state index contributed by atoms with van der Waals surface area (Å²) < 4.78 is 63.8. The molecule has 1 aliphatic heterocycles. The number of hydrogen-bond acceptors (Lipinski definition) is 8. The van der Waals surface area contributed by atoms with Crippen LogP contribution >= 0.6 is 7.60 Å². The van der Waals surface area contributed by atoms with Gasteiger partial charge in [-0.25, -0.2) is 4.98 Å². The van der Waals surface area contributed by atoms with Crippen molar-refractivity contribution in [3.8, 4) is 11.5 Å². The van der Waals surface area contributed by atoms with E-state index in [-0.39, 0.29) is 41.1 Å². The fourth-order valence-electron chi connectivity index (χ4n) is 4.09. The average molecular weight is 567 g/mol.